The lowest BCUT2D eigenvalue weighted by Gasteiger charge is -2.27. The van der Waals surface area contributed by atoms with Gasteiger partial charge in [0.05, 0.1) is 21.8 Å². The standard InChI is InChI=1S/C26H22Cl2N6O2S/c27-16-6-9-19(18(28)12-16)34-23-20-21(32-26(34)36)22(37-25(20)30-14-29-23)24(35)31-17-7-4-15(5-8-17)13-33-10-2-1-3-11-33/h4-9,12,14H,1-3,10-11,13H2,(H,31,35)(H,32,36). The molecule has 0 spiro atoms. The minimum absolute atomic E-state index is 0.301. The molecule has 2 N–H and O–H groups in total. The third kappa shape index (κ3) is 4.64. The van der Waals surface area contributed by atoms with E-state index in [1.54, 1.807) is 18.2 Å². The van der Waals surface area contributed by atoms with E-state index < -0.39 is 6.03 Å². The maximum absolute atomic E-state index is 13.3. The minimum atomic E-state index is -0.480. The van der Waals surface area contributed by atoms with Crippen molar-refractivity contribution >= 4 is 79.6 Å². The molecule has 0 saturated carbocycles. The lowest BCUT2D eigenvalue weighted by Crippen LogP contribution is -2.35. The average Bonchev–Trinajstić information content (AvgIpc) is 3.26. The topological polar surface area (TPSA) is 90.5 Å². The highest BCUT2D eigenvalue weighted by molar-refractivity contribution is 7.21. The van der Waals surface area contributed by atoms with E-state index in [2.05, 4.69) is 25.5 Å². The number of likely N-dealkylation sites (tertiary alicyclic amines) is 1. The Balaban J connectivity index is 1.27. The molecule has 188 valence electrons. The molecule has 0 atom stereocenters. The zero-order valence-electron chi connectivity index (χ0n) is 19.6. The van der Waals surface area contributed by atoms with Crippen molar-refractivity contribution in [2.45, 2.75) is 25.8 Å². The molecular formula is C26H22Cl2N6O2S. The van der Waals surface area contributed by atoms with Crippen LogP contribution in [-0.4, -0.2) is 39.9 Å². The number of nitrogens with zero attached hydrogens (tertiary/aromatic N) is 4. The van der Waals surface area contributed by atoms with Crippen LogP contribution in [0.3, 0.4) is 0 Å². The van der Waals surface area contributed by atoms with Crippen molar-refractivity contribution in [2.24, 2.45) is 0 Å². The number of urea groups is 1. The van der Waals surface area contributed by atoms with Gasteiger partial charge in [0, 0.05) is 17.3 Å². The van der Waals surface area contributed by atoms with Crippen LogP contribution in [0.1, 0.15) is 34.5 Å². The fourth-order valence-corrected chi connectivity index (χ4v) is 6.25. The normalized spacial score (nSPS) is 15.6. The number of carbonyl (C=O) groups is 2. The number of benzene rings is 2. The van der Waals surface area contributed by atoms with E-state index in [0.29, 0.717) is 48.0 Å². The second kappa shape index (κ2) is 9.90. The van der Waals surface area contributed by atoms with Gasteiger partial charge in [-0.05, 0) is 61.8 Å². The van der Waals surface area contributed by atoms with Crippen LogP contribution in [0.5, 0.6) is 0 Å². The number of thiophene rings is 1. The van der Waals surface area contributed by atoms with Gasteiger partial charge in [0.15, 0.2) is 5.82 Å². The Morgan fingerprint density at radius 2 is 1.84 bits per heavy atom. The predicted octanol–water partition coefficient (Wildman–Crippen LogP) is 6.92. The molecule has 37 heavy (non-hydrogen) atoms. The molecule has 4 heterocycles. The van der Waals surface area contributed by atoms with Crippen molar-refractivity contribution in [3.63, 3.8) is 0 Å². The van der Waals surface area contributed by atoms with Gasteiger partial charge in [0.1, 0.15) is 16.0 Å². The van der Waals surface area contributed by atoms with Crippen LogP contribution >= 0.6 is 34.5 Å². The third-order valence-electron chi connectivity index (χ3n) is 6.54. The fourth-order valence-electron chi connectivity index (χ4n) is 4.77. The first-order valence-corrected chi connectivity index (χ1v) is 13.5. The van der Waals surface area contributed by atoms with Gasteiger partial charge < -0.3 is 10.6 Å². The molecule has 1 saturated heterocycles. The van der Waals surface area contributed by atoms with Gasteiger partial charge in [-0.15, -0.1) is 11.3 Å². The second-order valence-corrected chi connectivity index (χ2v) is 10.9. The maximum Gasteiger partial charge on any atom is 0.332 e. The molecule has 2 aliphatic heterocycles. The summed E-state index contributed by atoms with van der Waals surface area (Å²) in [4.78, 5) is 39.9. The number of aromatic nitrogens is 2. The lowest BCUT2D eigenvalue weighted by molar-refractivity contribution is 0.103. The summed E-state index contributed by atoms with van der Waals surface area (Å²) < 4.78 is 0. The Hall–Kier alpha value is -3.24. The van der Waals surface area contributed by atoms with Crippen LogP contribution in [0.25, 0.3) is 10.2 Å². The molecule has 2 aromatic carbocycles. The van der Waals surface area contributed by atoms with Gasteiger partial charge in [-0.25, -0.2) is 19.7 Å². The van der Waals surface area contributed by atoms with Gasteiger partial charge in [-0.1, -0.05) is 41.8 Å². The molecule has 11 heteroatoms. The van der Waals surface area contributed by atoms with E-state index in [4.69, 9.17) is 23.2 Å². The van der Waals surface area contributed by atoms with Crippen molar-refractivity contribution in [1.82, 2.24) is 14.9 Å². The molecular weight excluding hydrogens is 531 g/mol. The quantitative estimate of drug-likeness (QED) is 0.280. The SMILES string of the molecule is O=C(Nc1ccc(CN2CCCCC2)cc1)c1sc2ncnc3c2c1NC(=O)N3c1ccc(Cl)cc1Cl. The summed E-state index contributed by atoms with van der Waals surface area (Å²) in [7, 11) is 0. The average molecular weight is 553 g/mol. The highest BCUT2D eigenvalue weighted by Gasteiger charge is 2.34. The molecule has 0 aliphatic carbocycles. The third-order valence-corrected chi connectivity index (χ3v) is 8.17. The van der Waals surface area contributed by atoms with E-state index in [-0.39, 0.29) is 5.91 Å². The Morgan fingerprint density at radius 3 is 2.59 bits per heavy atom. The second-order valence-electron chi connectivity index (χ2n) is 9.03. The van der Waals surface area contributed by atoms with Crippen molar-refractivity contribution in [1.29, 1.82) is 0 Å². The van der Waals surface area contributed by atoms with Gasteiger partial charge in [-0.3, -0.25) is 9.69 Å². The monoisotopic (exact) mass is 552 g/mol. The Bertz CT molecular complexity index is 1520. The van der Waals surface area contributed by atoms with Crippen molar-refractivity contribution < 1.29 is 9.59 Å². The first kappa shape index (κ1) is 24.1. The summed E-state index contributed by atoms with van der Waals surface area (Å²) in [6.45, 7) is 3.17. The van der Waals surface area contributed by atoms with E-state index in [9.17, 15) is 9.59 Å². The molecule has 0 bridgehead atoms. The van der Waals surface area contributed by atoms with Crippen LogP contribution in [0.2, 0.25) is 10.0 Å². The molecule has 8 nitrogen and oxygen atoms in total. The zero-order chi connectivity index (χ0) is 25.5. The van der Waals surface area contributed by atoms with Crippen molar-refractivity contribution in [3.05, 3.63) is 69.3 Å². The van der Waals surface area contributed by atoms with Crippen LogP contribution in [0.4, 0.5) is 27.7 Å². The molecule has 3 amide bonds. The van der Waals surface area contributed by atoms with Gasteiger partial charge in [0.25, 0.3) is 5.91 Å². The van der Waals surface area contributed by atoms with Crippen LogP contribution < -0.4 is 15.5 Å². The summed E-state index contributed by atoms with van der Waals surface area (Å²) in [5.74, 6) is 0.0244. The number of carbonyl (C=O) groups excluding carboxylic acids is 2. The number of rotatable bonds is 5. The lowest BCUT2D eigenvalue weighted by atomic mass is 10.1. The first-order chi connectivity index (χ1) is 18.0. The Labute approximate surface area is 227 Å². The summed E-state index contributed by atoms with van der Waals surface area (Å²) in [6.07, 6.45) is 5.18. The van der Waals surface area contributed by atoms with Gasteiger partial charge in [0.2, 0.25) is 0 Å². The fraction of sp³-hybridized carbons (Fsp3) is 0.231. The number of hydrogen-bond donors (Lipinski definition) is 2. The number of piperidine rings is 1. The Kier molecular flexibility index (Phi) is 6.46. The molecule has 6 rings (SSSR count). The van der Waals surface area contributed by atoms with Crippen molar-refractivity contribution in [2.75, 3.05) is 28.6 Å². The Morgan fingerprint density at radius 1 is 1.05 bits per heavy atom. The summed E-state index contributed by atoms with van der Waals surface area (Å²) in [5, 5.41) is 7.13. The molecule has 0 unspecified atom stereocenters. The number of halogens is 2. The molecule has 2 aliphatic rings. The van der Waals surface area contributed by atoms with Crippen LogP contribution in [-0.2, 0) is 6.54 Å². The smallest absolute Gasteiger partial charge is 0.321 e. The molecule has 4 aromatic rings. The van der Waals surface area contributed by atoms with Crippen LogP contribution in [0.15, 0.2) is 48.8 Å². The van der Waals surface area contributed by atoms with Gasteiger partial charge in [-0.2, -0.15) is 0 Å². The number of nitrogens with one attached hydrogen (secondary N) is 2. The highest BCUT2D eigenvalue weighted by Crippen LogP contribution is 2.46. The minimum Gasteiger partial charge on any atom is -0.321 e. The summed E-state index contributed by atoms with van der Waals surface area (Å²) in [5.41, 5.74) is 2.71. The molecule has 2 aromatic heterocycles. The number of anilines is 4. The van der Waals surface area contributed by atoms with Crippen LogP contribution in [0, 0.1) is 0 Å². The van der Waals surface area contributed by atoms with E-state index in [1.165, 1.54) is 47.4 Å². The number of amides is 3. The zero-order valence-corrected chi connectivity index (χ0v) is 22.0. The predicted molar refractivity (Wildman–Crippen MR) is 149 cm³/mol. The highest BCUT2D eigenvalue weighted by atomic mass is 35.5. The summed E-state index contributed by atoms with van der Waals surface area (Å²) >= 11 is 13.6. The van der Waals surface area contributed by atoms with E-state index in [1.807, 2.05) is 24.3 Å². The van der Waals surface area contributed by atoms with E-state index >= 15 is 0 Å². The van der Waals surface area contributed by atoms with E-state index in [0.717, 1.165) is 19.6 Å². The van der Waals surface area contributed by atoms with Crippen molar-refractivity contribution in [3.8, 4) is 0 Å². The first-order valence-electron chi connectivity index (χ1n) is 11.9. The summed E-state index contributed by atoms with van der Waals surface area (Å²) in [6, 6.07) is 12.3. The molecule has 1 fully saturated rings. The van der Waals surface area contributed by atoms with Gasteiger partial charge >= 0.3 is 6.03 Å². The largest absolute Gasteiger partial charge is 0.332 e. The molecule has 0 radical (unpaired) electrons. The maximum atomic E-state index is 13.3. The number of hydrogen-bond acceptors (Lipinski definition) is 6.